The number of rotatable bonds is 6. The number of carbonyl (C=O) groups excluding carboxylic acids is 4. The van der Waals surface area contributed by atoms with Crippen molar-refractivity contribution in [1.29, 1.82) is 0 Å². The number of urea groups is 1. The molecule has 0 saturated carbocycles. The first kappa shape index (κ1) is 31.1. The number of aromatic nitrogens is 1. The van der Waals surface area contributed by atoms with Crippen molar-refractivity contribution in [3.8, 4) is 0 Å². The van der Waals surface area contributed by atoms with Gasteiger partial charge in [0, 0.05) is 16.1 Å². The van der Waals surface area contributed by atoms with E-state index in [1.54, 1.807) is 51.1 Å². The number of carbonyl (C=O) groups is 4. The van der Waals surface area contributed by atoms with Gasteiger partial charge >= 0.3 is 30.2 Å². The van der Waals surface area contributed by atoms with Crippen LogP contribution in [-0.4, -0.2) is 41.3 Å². The third-order valence-electron chi connectivity index (χ3n) is 5.83. The van der Waals surface area contributed by atoms with Crippen molar-refractivity contribution in [3.05, 3.63) is 81.7 Å². The van der Waals surface area contributed by atoms with Crippen LogP contribution in [0.5, 0.6) is 0 Å². The average Bonchev–Trinajstić information content (AvgIpc) is 3.52. The van der Waals surface area contributed by atoms with Crippen LogP contribution in [0.4, 0.5) is 34.1 Å². The van der Waals surface area contributed by atoms with E-state index in [2.05, 4.69) is 10.6 Å². The van der Waals surface area contributed by atoms with Gasteiger partial charge in [-0.15, -0.1) is 11.3 Å². The molecule has 226 valence electrons. The topological polar surface area (TPSA) is 125 Å². The molecule has 2 heterocycles. The number of methoxy groups -OCH3 is 1. The Hall–Kier alpha value is -4.85. The Kier molecular flexibility index (Phi) is 8.80. The van der Waals surface area contributed by atoms with Crippen LogP contribution >= 0.6 is 11.3 Å². The first-order valence-electron chi connectivity index (χ1n) is 12.6. The largest absolute Gasteiger partial charge is 0.465 e. The number of halogens is 3. The smallest absolute Gasteiger partial charge is 0.419 e. The molecule has 4 rings (SSSR count). The number of nitrogens with one attached hydrogen (secondary N) is 2. The minimum absolute atomic E-state index is 0.0290. The van der Waals surface area contributed by atoms with Crippen molar-refractivity contribution in [3.63, 3.8) is 0 Å². The molecule has 43 heavy (non-hydrogen) atoms. The molecule has 0 radical (unpaired) electrons. The maximum Gasteiger partial charge on any atom is 0.419 e. The molecule has 2 amide bonds. The lowest BCUT2D eigenvalue weighted by Crippen LogP contribution is -2.29. The van der Waals surface area contributed by atoms with Gasteiger partial charge in [0.2, 0.25) is 0 Å². The fourth-order valence-electron chi connectivity index (χ4n) is 4.02. The van der Waals surface area contributed by atoms with Gasteiger partial charge in [-0.1, -0.05) is 30.3 Å². The second kappa shape index (κ2) is 12.2. The first-order valence-corrected chi connectivity index (χ1v) is 13.6. The molecule has 2 aromatic carbocycles. The maximum absolute atomic E-state index is 13.7. The lowest BCUT2D eigenvalue weighted by Gasteiger charge is -2.20. The summed E-state index contributed by atoms with van der Waals surface area (Å²) >= 11 is 1.08. The predicted molar refractivity (Wildman–Crippen MR) is 152 cm³/mol. The average molecular weight is 618 g/mol. The van der Waals surface area contributed by atoms with Crippen molar-refractivity contribution in [2.75, 3.05) is 17.7 Å². The number of alkyl halides is 3. The number of nitrogens with zero attached hydrogens (tertiary/aromatic N) is 1. The van der Waals surface area contributed by atoms with Crippen molar-refractivity contribution in [1.82, 2.24) is 4.57 Å². The summed E-state index contributed by atoms with van der Waals surface area (Å²) in [5, 5.41) is 7.37. The zero-order valence-electron chi connectivity index (χ0n) is 23.3. The molecule has 0 unspecified atom stereocenters. The zero-order chi connectivity index (χ0) is 31.5. The third-order valence-corrected chi connectivity index (χ3v) is 6.57. The molecule has 0 aliphatic rings. The Balaban J connectivity index is 1.85. The van der Waals surface area contributed by atoms with E-state index in [1.807, 2.05) is 0 Å². The highest BCUT2D eigenvalue weighted by Gasteiger charge is 2.35. The Bertz CT molecular complexity index is 1690. The summed E-state index contributed by atoms with van der Waals surface area (Å²) in [7, 11) is 1.15. The van der Waals surface area contributed by atoms with Gasteiger partial charge in [0.1, 0.15) is 12.2 Å². The molecule has 4 aromatic rings. The fraction of sp³-hybridized carbons (Fsp3) is 0.241. The highest BCUT2D eigenvalue weighted by Crippen LogP contribution is 2.38. The number of hydrogen-bond acceptors (Lipinski definition) is 8. The molecule has 10 nitrogen and oxygen atoms in total. The first-order chi connectivity index (χ1) is 20.2. The van der Waals surface area contributed by atoms with Crippen LogP contribution in [0, 0.1) is 0 Å². The molecule has 14 heteroatoms. The van der Waals surface area contributed by atoms with E-state index >= 15 is 0 Å². The fourth-order valence-corrected chi connectivity index (χ4v) is 4.77. The number of hydrogen-bond donors (Lipinski definition) is 2. The Morgan fingerprint density at radius 2 is 1.63 bits per heavy atom. The number of thiophene rings is 1. The van der Waals surface area contributed by atoms with Gasteiger partial charge < -0.3 is 24.8 Å². The maximum atomic E-state index is 13.7. The van der Waals surface area contributed by atoms with E-state index in [1.165, 1.54) is 10.8 Å². The molecule has 0 fully saturated rings. The lowest BCUT2D eigenvalue weighted by atomic mass is 10.1. The minimum Gasteiger partial charge on any atom is -0.465 e. The van der Waals surface area contributed by atoms with Crippen molar-refractivity contribution < 1.29 is 46.6 Å². The Morgan fingerprint density at radius 1 is 0.930 bits per heavy atom. The SMILES string of the molecule is COC(=O)c1cscc1NC(=O)Nc1c(C(=O)OC(C)(C)C)n(C(=O)OCc2ccccc2)c2ccc(C(F)(F)F)cc12. The van der Waals surface area contributed by atoms with Crippen LogP contribution in [0.1, 0.15) is 52.7 Å². The summed E-state index contributed by atoms with van der Waals surface area (Å²) in [6.45, 7) is 4.44. The van der Waals surface area contributed by atoms with E-state index in [9.17, 15) is 32.3 Å². The van der Waals surface area contributed by atoms with E-state index in [-0.39, 0.29) is 28.8 Å². The zero-order valence-corrected chi connectivity index (χ0v) is 24.1. The van der Waals surface area contributed by atoms with Gasteiger partial charge in [0.25, 0.3) is 0 Å². The summed E-state index contributed by atoms with van der Waals surface area (Å²) in [4.78, 5) is 52.2. The van der Waals surface area contributed by atoms with E-state index in [0.717, 1.165) is 35.1 Å². The van der Waals surface area contributed by atoms with E-state index in [0.29, 0.717) is 11.6 Å². The van der Waals surface area contributed by atoms with Gasteiger partial charge in [0.15, 0.2) is 5.69 Å². The van der Waals surface area contributed by atoms with Crippen LogP contribution in [0.2, 0.25) is 0 Å². The van der Waals surface area contributed by atoms with Gasteiger partial charge in [-0.3, -0.25) is 0 Å². The number of amides is 2. The molecule has 0 aliphatic carbocycles. The molecular weight excluding hydrogens is 591 g/mol. The molecule has 0 aliphatic heterocycles. The Labute approximate surface area is 247 Å². The van der Waals surface area contributed by atoms with Crippen LogP contribution in [0.15, 0.2) is 59.3 Å². The third kappa shape index (κ3) is 7.15. The van der Waals surface area contributed by atoms with Crippen LogP contribution in [0.3, 0.4) is 0 Å². The van der Waals surface area contributed by atoms with Crippen molar-refractivity contribution in [2.45, 2.75) is 39.2 Å². The van der Waals surface area contributed by atoms with E-state index < -0.39 is 52.8 Å². The second-order valence-electron chi connectivity index (χ2n) is 10.1. The standard InChI is InChI=1S/C29H26F3N3O7S/c1-28(2,3)42-25(37)23-22(34-26(38)33-20-15-43-14-19(20)24(36)40-4)18-12-17(29(30,31)32)10-11-21(18)35(23)27(39)41-13-16-8-6-5-7-9-16/h5-12,14-15H,13H2,1-4H3,(H2,33,34,38). The summed E-state index contributed by atoms with van der Waals surface area (Å²) in [5.74, 6) is -1.85. The second-order valence-corrected chi connectivity index (χ2v) is 10.8. The van der Waals surface area contributed by atoms with Crippen LogP contribution in [-0.2, 0) is 27.0 Å². The highest BCUT2D eigenvalue weighted by atomic mass is 32.1. The Morgan fingerprint density at radius 3 is 2.26 bits per heavy atom. The molecule has 2 aromatic heterocycles. The van der Waals surface area contributed by atoms with Crippen LogP contribution in [0.25, 0.3) is 10.9 Å². The quantitative estimate of drug-likeness (QED) is 0.172. The van der Waals surface area contributed by atoms with Crippen LogP contribution < -0.4 is 10.6 Å². The predicted octanol–water partition coefficient (Wildman–Crippen LogP) is 7.29. The molecule has 2 N–H and O–H groups in total. The summed E-state index contributed by atoms with van der Waals surface area (Å²) in [5.41, 5.74) is -2.67. The summed E-state index contributed by atoms with van der Waals surface area (Å²) in [6, 6.07) is 9.99. The van der Waals surface area contributed by atoms with Gasteiger partial charge in [-0.05, 0) is 44.5 Å². The summed E-state index contributed by atoms with van der Waals surface area (Å²) < 4.78 is 57.6. The van der Waals surface area contributed by atoms with Crippen molar-refractivity contribution in [2.24, 2.45) is 0 Å². The highest BCUT2D eigenvalue weighted by molar-refractivity contribution is 7.08. The lowest BCUT2D eigenvalue weighted by molar-refractivity contribution is -0.137. The van der Waals surface area contributed by atoms with Gasteiger partial charge in [0.05, 0.1) is 35.1 Å². The van der Waals surface area contributed by atoms with Crippen molar-refractivity contribution >= 4 is 57.7 Å². The molecule has 0 spiro atoms. The minimum atomic E-state index is -4.79. The molecular formula is C29H26F3N3O7S. The molecule has 0 saturated heterocycles. The number of benzene rings is 2. The van der Waals surface area contributed by atoms with Gasteiger partial charge in [-0.25, -0.2) is 23.7 Å². The number of fused-ring (bicyclic) bond motifs is 1. The normalized spacial score (nSPS) is 11.6. The summed E-state index contributed by atoms with van der Waals surface area (Å²) in [6.07, 6.45) is -5.89. The molecule has 0 bridgehead atoms. The number of ether oxygens (including phenoxy) is 3. The molecule has 0 atom stereocenters. The monoisotopic (exact) mass is 617 g/mol. The van der Waals surface area contributed by atoms with Gasteiger partial charge in [-0.2, -0.15) is 13.2 Å². The number of esters is 2. The number of anilines is 2. The van der Waals surface area contributed by atoms with E-state index in [4.69, 9.17) is 14.2 Å².